The summed E-state index contributed by atoms with van der Waals surface area (Å²) >= 11 is 0. The summed E-state index contributed by atoms with van der Waals surface area (Å²) in [5.41, 5.74) is 0.780. The minimum Gasteiger partial charge on any atom is -0.493 e. The van der Waals surface area contributed by atoms with Gasteiger partial charge in [0.05, 0.1) is 14.2 Å². The van der Waals surface area contributed by atoms with Gasteiger partial charge in [-0.25, -0.2) is 4.98 Å². The number of ether oxygens (including phenoxy) is 2. The smallest absolute Gasteiger partial charge is 0.229 e. The van der Waals surface area contributed by atoms with E-state index in [4.69, 9.17) is 14.0 Å². The molecular formula is C16H17N5O3. The van der Waals surface area contributed by atoms with Gasteiger partial charge >= 0.3 is 0 Å². The molecule has 0 bridgehead atoms. The van der Waals surface area contributed by atoms with Gasteiger partial charge in [0.2, 0.25) is 5.95 Å². The van der Waals surface area contributed by atoms with E-state index in [1.54, 1.807) is 38.6 Å². The van der Waals surface area contributed by atoms with Crippen molar-refractivity contribution in [3.8, 4) is 11.5 Å². The van der Waals surface area contributed by atoms with Crippen molar-refractivity contribution in [2.45, 2.75) is 6.92 Å². The molecule has 0 unspecified atom stereocenters. The van der Waals surface area contributed by atoms with E-state index in [-0.39, 0.29) is 0 Å². The SMILES string of the molecule is COc1ccc(Nc2nccc(Nc3cc(C)on3)n2)cc1OC. The zero-order valence-electron chi connectivity index (χ0n) is 13.5. The number of aryl methyl sites for hydroxylation is 1. The van der Waals surface area contributed by atoms with Crippen molar-refractivity contribution in [3.05, 3.63) is 42.3 Å². The zero-order chi connectivity index (χ0) is 16.9. The normalized spacial score (nSPS) is 10.3. The maximum Gasteiger partial charge on any atom is 0.229 e. The second kappa shape index (κ2) is 6.86. The summed E-state index contributed by atoms with van der Waals surface area (Å²) in [5, 5.41) is 10.0. The Morgan fingerprint density at radius 3 is 2.50 bits per heavy atom. The van der Waals surface area contributed by atoms with Gasteiger partial charge in [0.1, 0.15) is 11.6 Å². The fourth-order valence-corrected chi connectivity index (χ4v) is 2.09. The largest absolute Gasteiger partial charge is 0.493 e. The van der Waals surface area contributed by atoms with Gasteiger partial charge in [0.15, 0.2) is 17.3 Å². The van der Waals surface area contributed by atoms with E-state index in [0.717, 1.165) is 11.4 Å². The van der Waals surface area contributed by atoms with Crippen molar-refractivity contribution in [1.82, 2.24) is 15.1 Å². The van der Waals surface area contributed by atoms with Crippen molar-refractivity contribution in [1.29, 1.82) is 0 Å². The van der Waals surface area contributed by atoms with Gasteiger partial charge < -0.3 is 24.6 Å². The highest BCUT2D eigenvalue weighted by Gasteiger charge is 2.07. The number of aromatic nitrogens is 3. The summed E-state index contributed by atoms with van der Waals surface area (Å²) < 4.78 is 15.5. The summed E-state index contributed by atoms with van der Waals surface area (Å²) in [7, 11) is 3.18. The lowest BCUT2D eigenvalue weighted by Gasteiger charge is -2.11. The average molecular weight is 327 g/mol. The first kappa shape index (κ1) is 15.6. The van der Waals surface area contributed by atoms with Crippen LogP contribution in [0.5, 0.6) is 11.5 Å². The van der Waals surface area contributed by atoms with E-state index in [2.05, 4.69) is 25.8 Å². The number of rotatable bonds is 6. The van der Waals surface area contributed by atoms with Crippen LogP contribution in [0.25, 0.3) is 0 Å². The Kier molecular flexibility index (Phi) is 4.46. The zero-order valence-corrected chi connectivity index (χ0v) is 13.5. The van der Waals surface area contributed by atoms with Crippen LogP contribution >= 0.6 is 0 Å². The Hall–Kier alpha value is -3.29. The molecule has 0 amide bonds. The monoisotopic (exact) mass is 327 g/mol. The van der Waals surface area contributed by atoms with Gasteiger partial charge in [-0.1, -0.05) is 5.16 Å². The standard InChI is InChI=1S/C16H17N5O3/c1-10-8-15(21-24-10)19-14-6-7-17-16(20-14)18-11-4-5-12(22-2)13(9-11)23-3/h4-9H,1-3H3,(H2,17,18,19,20,21). The average Bonchev–Trinajstić information content (AvgIpc) is 3.00. The van der Waals surface area contributed by atoms with Crippen LogP contribution in [0.1, 0.15) is 5.76 Å². The van der Waals surface area contributed by atoms with Gasteiger partial charge in [0, 0.05) is 24.0 Å². The fraction of sp³-hybridized carbons (Fsp3) is 0.188. The summed E-state index contributed by atoms with van der Waals surface area (Å²) in [5.74, 6) is 3.61. The van der Waals surface area contributed by atoms with Crippen LogP contribution in [0.4, 0.5) is 23.3 Å². The second-order valence-corrected chi connectivity index (χ2v) is 4.91. The number of benzene rings is 1. The van der Waals surface area contributed by atoms with Crippen LogP contribution in [0.15, 0.2) is 41.1 Å². The van der Waals surface area contributed by atoms with Crippen molar-refractivity contribution in [3.63, 3.8) is 0 Å². The third kappa shape index (κ3) is 3.54. The topological polar surface area (TPSA) is 94.3 Å². The number of nitrogens with zero attached hydrogens (tertiary/aromatic N) is 3. The maximum absolute atomic E-state index is 5.28. The van der Waals surface area contributed by atoms with E-state index in [0.29, 0.717) is 29.1 Å². The first-order valence-electron chi connectivity index (χ1n) is 7.20. The first-order chi connectivity index (χ1) is 11.7. The Morgan fingerprint density at radius 2 is 1.79 bits per heavy atom. The molecule has 2 N–H and O–H groups in total. The quantitative estimate of drug-likeness (QED) is 0.712. The maximum atomic E-state index is 5.28. The molecule has 1 aromatic carbocycles. The highest BCUT2D eigenvalue weighted by molar-refractivity contribution is 5.61. The molecule has 8 heteroatoms. The van der Waals surface area contributed by atoms with Crippen LogP contribution in [0, 0.1) is 6.92 Å². The molecule has 0 aliphatic heterocycles. The van der Waals surface area contributed by atoms with Crippen LogP contribution in [0.2, 0.25) is 0 Å². The lowest BCUT2D eigenvalue weighted by atomic mass is 10.3. The third-order valence-corrected chi connectivity index (χ3v) is 3.18. The Labute approximate surface area is 138 Å². The predicted molar refractivity (Wildman–Crippen MR) is 89.4 cm³/mol. The first-order valence-corrected chi connectivity index (χ1v) is 7.20. The lowest BCUT2D eigenvalue weighted by Crippen LogP contribution is -2.01. The molecule has 8 nitrogen and oxygen atoms in total. The van der Waals surface area contributed by atoms with Crippen LogP contribution < -0.4 is 20.1 Å². The predicted octanol–water partition coefficient (Wildman–Crippen LogP) is 3.28. The summed E-state index contributed by atoms with van der Waals surface area (Å²) in [6.07, 6.45) is 1.64. The molecular weight excluding hydrogens is 310 g/mol. The van der Waals surface area contributed by atoms with Crippen LogP contribution in [-0.2, 0) is 0 Å². The van der Waals surface area contributed by atoms with Gasteiger partial charge in [-0.05, 0) is 25.1 Å². The van der Waals surface area contributed by atoms with Crippen molar-refractivity contribution < 1.29 is 14.0 Å². The summed E-state index contributed by atoms with van der Waals surface area (Å²) in [4.78, 5) is 8.59. The Morgan fingerprint density at radius 1 is 0.958 bits per heavy atom. The molecule has 0 fully saturated rings. The molecule has 0 radical (unpaired) electrons. The molecule has 0 aliphatic carbocycles. The van der Waals surface area contributed by atoms with Gasteiger partial charge in [0.25, 0.3) is 0 Å². The molecule has 0 spiro atoms. The molecule has 0 saturated heterocycles. The number of nitrogens with one attached hydrogen (secondary N) is 2. The van der Waals surface area contributed by atoms with Gasteiger partial charge in [-0.15, -0.1) is 0 Å². The molecule has 2 heterocycles. The minimum atomic E-state index is 0.437. The molecule has 0 aliphatic rings. The molecule has 124 valence electrons. The molecule has 2 aromatic heterocycles. The molecule has 24 heavy (non-hydrogen) atoms. The number of hydrogen-bond acceptors (Lipinski definition) is 8. The third-order valence-electron chi connectivity index (χ3n) is 3.18. The van der Waals surface area contributed by atoms with Crippen LogP contribution in [-0.4, -0.2) is 29.3 Å². The summed E-state index contributed by atoms with van der Waals surface area (Å²) in [6.45, 7) is 1.82. The van der Waals surface area contributed by atoms with E-state index in [1.165, 1.54) is 0 Å². The fourth-order valence-electron chi connectivity index (χ4n) is 2.09. The van der Waals surface area contributed by atoms with Gasteiger partial charge in [-0.2, -0.15) is 4.98 Å². The van der Waals surface area contributed by atoms with E-state index in [9.17, 15) is 0 Å². The van der Waals surface area contributed by atoms with Crippen LogP contribution in [0.3, 0.4) is 0 Å². The number of methoxy groups -OCH3 is 2. The van der Waals surface area contributed by atoms with Crippen molar-refractivity contribution in [2.75, 3.05) is 24.9 Å². The number of anilines is 4. The number of hydrogen-bond donors (Lipinski definition) is 2. The van der Waals surface area contributed by atoms with E-state index < -0.39 is 0 Å². The van der Waals surface area contributed by atoms with Crippen molar-refractivity contribution >= 4 is 23.3 Å². The Balaban J connectivity index is 1.77. The van der Waals surface area contributed by atoms with Gasteiger partial charge in [-0.3, -0.25) is 0 Å². The summed E-state index contributed by atoms with van der Waals surface area (Å²) in [6, 6.07) is 8.99. The lowest BCUT2D eigenvalue weighted by molar-refractivity contribution is 0.355. The minimum absolute atomic E-state index is 0.437. The highest BCUT2D eigenvalue weighted by Crippen LogP contribution is 2.30. The molecule has 0 atom stereocenters. The van der Waals surface area contributed by atoms with E-state index in [1.807, 2.05) is 19.1 Å². The molecule has 3 aromatic rings. The second-order valence-electron chi connectivity index (χ2n) is 4.91. The molecule has 0 saturated carbocycles. The van der Waals surface area contributed by atoms with Crippen molar-refractivity contribution in [2.24, 2.45) is 0 Å². The van der Waals surface area contributed by atoms with E-state index >= 15 is 0 Å². The highest BCUT2D eigenvalue weighted by atomic mass is 16.5. The Bertz CT molecular complexity index is 834. The molecule has 3 rings (SSSR count).